The second-order valence-electron chi connectivity index (χ2n) is 7.01. The van der Waals surface area contributed by atoms with Gasteiger partial charge in [0.15, 0.2) is 0 Å². The number of carbonyl (C=O) groups excluding carboxylic acids is 1. The Morgan fingerprint density at radius 3 is 3.00 bits per heavy atom. The minimum absolute atomic E-state index is 0.0660. The predicted octanol–water partition coefficient (Wildman–Crippen LogP) is 0.586. The van der Waals surface area contributed by atoms with Gasteiger partial charge in [-0.15, -0.1) is 4.67 Å². The summed E-state index contributed by atoms with van der Waals surface area (Å²) in [5.74, 6) is 1.08. The van der Waals surface area contributed by atoms with Crippen LogP contribution in [-0.2, 0) is 4.79 Å². The van der Waals surface area contributed by atoms with Gasteiger partial charge in [-0.2, -0.15) is 0 Å². The van der Waals surface area contributed by atoms with Crippen LogP contribution >= 0.6 is 0 Å². The molecule has 130 valence electrons. The fourth-order valence-electron chi connectivity index (χ4n) is 4.56. The summed E-state index contributed by atoms with van der Waals surface area (Å²) in [6.45, 7) is 4.64. The molecule has 3 aliphatic rings. The summed E-state index contributed by atoms with van der Waals surface area (Å²) in [7, 11) is 0. The van der Waals surface area contributed by atoms with Crippen molar-refractivity contribution in [2.24, 2.45) is 33.5 Å². The van der Waals surface area contributed by atoms with Gasteiger partial charge in [-0.1, -0.05) is 0 Å². The molecule has 1 amide bonds. The summed E-state index contributed by atoms with van der Waals surface area (Å²) >= 11 is 0. The molecule has 5 unspecified atom stereocenters. The number of piperidine rings is 1. The van der Waals surface area contributed by atoms with Crippen molar-refractivity contribution in [2.75, 3.05) is 13.1 Å². The summed E-state index contributed by atoms with van der Waals surface area (Å²) < 4.78 is 18.0. The maximum atomic E-state index is 13.8. The lowest BCUT2D eigenvalue weighted by molar-refractivity contribution is -0.133. The molecule has 2 saturated heterocycles. The van der Waals surface area contributed by atoms with Crippen molar-refractivity contribution in [2.45, 2.75) is 44.3 Å². The van der Waals surface area contributed by atoms with E-state index in [9.17, 15) is 9.18 Å². The number of hydrogen-bond acceptors (Lipinski definition) is 2. The number of rotatable bonds is 4. The molecule has 2 N–H and O–H groups in total. The van der Waals surface area contributed by atoms with Crippen LogP contribution in [0.2, 0.25) is 0 Å². The highest BCUT2D eigenvalue weighted by Gasteiger charge is 2.53. The molecule has 0 aromatic carbocycles. The molecule has 0 aromatic heterocycles. The van der Waals surface area contributed by atoms with E-state index in [0.29, 0.717) is 24.7 Å². The topological polar surface area (TPSA) is 85.1 Å². The Kier molecular flexibility index (Phi) is 5.09. The van der Waals surface area contributed by atoms with Gasteiger partial charge in [0.25, 0.3) is 6.72 Å². The first kappa shape index (κ1) is 16.8. The lowest BCUT2D eigenvalue weighted by Gasteiger charge is -2.32. The third-order valence-electron chi connectivity index (χ3n) is 5.62. The van der Waals surface area contributed by atoms with Gasteiger partial charge in [0.05, 0.1) is 18.8 Å². The second kappa shape index (κ2) is 7.26. The Hall–Kier alpha value is -2.01. The van der Waals surface area contributed by atoms with Crippen LogP contribution in [0, 0.1) is 17.8 Å². The summed E-state index contributed by atoms with van der Waals surface area (Å²) in [6, 6.07) is -0.181. The standard InChI is InChI=1S/C17H25FN5O/c1-20-17-14(6-16(24)23-8-13(18)5-15(17)23)12-3-2-11(4-12)7-21-10-22-9-19/h9-15H,1-8H2,(H2,19,21,22)/q+1. The monoisotopic (exact) mass is 334 g/mol. The SMILES string of the molecule is C=[N+]=C1C(C2CCC(CN=CN=CN)C2)CC(=O)N2CC(F)CC12. The highest BCUT2D eigenvalue weighted by atomic mass is 19.1. The van der Waals surface area contributed by atoms with Crippen molar-refractivity contribution < 1.29 is 9.18 Å². The first-order valence-electron chi connectivity index (χ1n) is 8.62. The number of fused-ring (bicyclic) bond motifs is 1. The smallest absolute Gasteiger partial charge is 0.305 e. The Morgan fingerprint density at radius 1 is 1.42 bits per heavy atom. The van der Waals surface area contributed by atoms with Crippen molar-refractivity contribution in [1.29, 1.82) is 0 Å². The summed E-state index contributed by atoms with van der Waals surface area (Å²) in [5, 5.41) is 0. The largest absolute Gasteiger partial charge is 0.390 e. The number of hydrogen-bond donors (Lipinski definition) is 1. The van der Waals surface area contributed by atoms with Gasteiger partial charge >= 0.3 is 5.71 Å². The van der Waals surface area contributed by atoms with Crippen molar-refractivity contribution in [3.8, 4) is 0 Å². The Balaban J connectivity index is 1.66. The van der Waals surface area contributed by atoms with E-state index >= 15 is 0 Å². The lowest BCUT2D eigenvalue weighted by Crippen LogP contribution is -2.51. The van der Waals surface area contributed by atoms with Crippen LogP contribution < -0.4 is 10.4 Å². The third kappa shape index (κ3) is 3.26. The molecular formula is C17H25FN5O+. The molecule has 1 aliphatic carbocycles. The molecule has 5 atom stereocenters. The van der Waals surface area contributed by atoms with Crippen molar-refractivity contribution in [1.82, 2.24) is 9.57 Å². The quantitative estimate of drug-likeness (QED) is 0.463. The van der Waals surface area contributed by atoms with Crippen molar-refractivity contribution >= 4 is 31.0 Å². The van der Waals surface area contributed by atoms with Gasteiger partial charge < -0.3 is 10.6 Å². The summed E-state index contributed by atoms with van der Waals surface area (Å²) in [5.41, 5.74) is 6.10. The fraction of sp³-hybridized carbons (Fsp3) is 0.706. The van der Waals surface area contributed by atoms with Crippen LogP contribution in [0.5, 0.6) is 0 Å². The number of carbonyl (C=O) groups is 1. The number of nitrogens with two attached hydrogens (primary N) is 1. The Morgan fingerprint density at radius 2 is 2.25 bits per heavy atom. The molecular weight excluding hydrogens is 309 g/mol. The van der Waals surface area contributed by atoms with Gasteiger partial charge in [-0.25, -0.2) is 9.38 Å². The number of amides is 1. The van der Waals surface area contributed by atoms with Crippen LogP contribution in [0.25, 0.3) is 0 Å². The van der Waals surface area contributed by atoms with Gasteiger partial charge in [0.2, 0.25) is 5.91 Å². The predicted molar refractivity (Wildman–Crippen MR) is 94.3 cm³/mol. The zero-order valence-corrected chi connectivity index (χ0v) is 13.9. The number of aliphatic imine (C=N–C) groups is 2. The van der Waals surface area contributed by atoms with E-state index in [1.54, 1.807) is 4.90 Å². The minimum atomic E-state index is -0.941. The van der Waals surface area contributed by atoms with Gasteiger partial charge in [-0.05, 0) is 31.1 Å². The Labute approximate surface area is 141 Å². The molecule has 2 aliphatic heterocycles. The van der Waals surface area contributed by atoms with E-state index in [2.05, 4.69) is 21.4 Å². The molecule has 0 radical (unpaired) electrons. The second-order valence-corrected chi connectivity index (χ2v) is 7.01. The molecule has 3 fully saturated rings. The first-order chi connectivity index (χ1) is 11.6. The maximum Gasteiger partial charge on any atom is 0.305 e. The molecule has 7 heteroatoms. The van der Waals surface area contributed by atoms with Gasteiger partial charge in [-0.3, -0.25) is 9.79 Å². The molecule has 0 spiro atoms. The molecule has 2 heterocycles. The number of halogens is 1. The molecule has 0 bridgehead atoms. The average Bonchev–Trinajstić information content (AvgIpc) is 3.18. The molecule has 6 nitrogen and oxygen atoms in total. The number of nitrogens with zero attached hydrogens (tertiary/aromatic N) is 4. The summed E-state index contributed by atoms with van der Waals surface area (Å²) in [6.07, 6.45) is 5.74. The molecule has 1 saturated carbocycles. The van der Waals surface area contributed by atoms with E-state index in [-0.39, 0.29) is 24.4 Å². The van der Waals surface area contributed by atoms with Gasteiger partial charge in [0, 0.05) is 19.4 Å². The van der Waals surface area contributed by atoms with Crippen molar-refractivity contribution in [3.05, 3.63) is 0 Å². The van der Waals surface area contributed by atoms with Crippen LogP contribution in [0.3, 0.4) is 0 Å². The van der Waals surface area contributed by atoms with E-state index in [4.69, 9.17) is 5.73 Å². The molecule has 0 aromatic rings. The van der Waals surface area contributed by atoms with E-state index in [1.807, 2.05) is 0 Å². The molecule has 3 rings (SSSR count). The summed E-state index contributed by atoms with van der Waals surface area (Å²) in [4.78, 5) is 22.1. The lowest BCUT2D eigenvalue weighted by atomic mass is 9.78. The van der Waals surface area contributed by atoms with E-state index in [0.717, 1.165) is 31.5 Å². The Bertz CT molecular complexity index is 598. The fourth-order valence-corrected chi connectivity index (χ4v) is 4.56. The normalized spacial score (nSPS) is 36.7. The van der Waals surface area contributed by atoms with E-state index < -0.39 is 6.17 Å². The van der Waals surface area contributed by atoms with Crippen LogP contribution in [0.1, 0.15) is 32.1 Å². The van der Waals surface area contributed by atoms with Crippen LogP contribution in [-0.4, -0.2) is 61.2 Å². The maximum absolute atomic E-state index is 13.8. The first-order valence-corrected chi connectivity index (χ1v) is 8.62. The average molecular weight is 334 g/mol. The minimum Gasteiger partial charge on any atom is -0.390 e. The van der Waals surface area contributed by atoms with Gasteiger partial charge in [0.1, 0.15) is 18.6 Å². The zero-order chi connectivity index (χ0) is 17.1. The van der Waals surface area contributed by atoms with E-state index in [1.165, 1.54) is 12.7 Å². The van der Waals surface area contributed by atoms with Crippen LogP contribution in [0.4, 0.5) is 4.39 Å². The highest BCUT2D eigenvalue weighted by molar-refractivity contribution is 6.01. The zero-order valence-electron chi connectivity index (χ0n) is 13.9. The molecule has 24 heavy (non-hydrogen) atoms. The van der Waals surface area contributed by atoms with Crippen LogP contribution in [0.15, 0.2) is 9.98 Å². The number of alkyl halides is 1. The third-order valence-corrected chi connectivity index (χ3v) is 5.62. The highest BCUT2D eigenvalue weighted by Crippen LogP contribution is 2.42. The van der Waals surface area contributed by atoms with Crippen molar-refractivity contribution in [3.63, 3.8) is 0 Å².